The lowest BCUT2D eigenvalue weighted by Crippen LogP contribution is -2.48. The molecule has 0 saturated carbocycles. The summed E-state index contributed by atoms with van der Waals surface area (Å²) in [4.78, 5) is 35.8. The second-order valence-corrected chi connectivity index (χ2v) is 10.8. The largest absolute Gasteiger partial charge is 0.480 e. The molecule has 1 spiro atoms. The molecule has 0 aromatic heterocycles. The maximum Gasteiger partial charge on any atom is 0.320 e. The highest BCUT2D eigenvalue weighted by Crippen LogP contribution is 2.53. The van der Waals surface area contributed by atoms with Gasteiger partial charge in [-0.3, -0.25) is 19.7 Å². The standard InChI is InChI=1S/C20H26N2O5S2/c1-12(22-14(18(24)25)8-7-13-5-3-2-4-6-13)17(23)16-10-28-20(29-16)9-15(19(26)27)21-11-20/h2-6,12,14-16,21-22H,7-11H2,1H3,(H,24,25)(H,26,27)/t12-,14-,15-,16?,20?/m0/s1. The van der Waals surface area contributed by atoms with E-state index in [1.54, 1.807) is 18.7 Å². The van der Waals surface area contributed by atoms with Crippen molar-refractivity contribution < 1.29 is 24.6 Å². The molecule has 3 rings (SSSR count). The third kappa shape index (κ3) is 5.53. The zero-order valence-electron chi connectivity index (χ0n) is 16.2. The molecule has 7 nitrogen and oxygen atoms in total. The quantitative estimate of drug-likeness (QED) is 0.456. The van der Waals surface area contributed by atoms with Gasteiger partial charge in [-0.05, 0) is 31.7 Å². The predicted octanol–water partition coefficient (Wildman–Crippen LogP) is 1.61. The number of aryl methyl sites for hydroxylation is 1. The van der Waals surface area contributed by atoms with E-state index in [0.29, 0.717) is 31.6 Å². The van der Waals surface area contributed by atoms with Gasteiger partial charge in [-0.1, -0.05) is 30.3 Å². The van der Waals surface area contributed by atoms with Crippen molar-refractivity contribution >= 4 is 41.2 Å². The molecule has 2 aliphatic heterocycles. The number of hydrogen-bond acceptors (Lipinski definition) is 7. The summed E-state index contributed by atoms with van der Waals surface area (Å²) in [6.07, 6.45) is 1.50. The Balaban J connectivity index is 1.53. The van der Waals surface area contributed by atoms with Crippen LogP contribution in [0.1, 0.15) is 25.3 Å². The monoisotopic (exact) mass is 438 g/mol. The summed E-state index contributed by atoms with van der Waals surface area (Å²) < 4.78 is -0.289. The van der Waals surface area contributed by atoms with E-state index in [-0.39, 0.29) is 15.1 Å². The highest BCUT2D eigenvalue weighted by molar-refractivity contribution is 8.22. The van der Waals surface area contributed by atoms with Crippen molar-refractivity contribution in [3.8, 4) is 0 Å². The van der Waals surface area contributed by atoms with Gasteiger partial charge in [-0.2, -0.15) is 0 Å². The number of ketones is 1. The summed E-state index contributed by atoms with van der Waals surface area (Å²) >= 11 is 3.16. The molecule has 0 amide bonds. The van der Waals surface area contributed by atoms with Crippen molar-refractivity contribution in [2.24, 2.45) is 0 Å². The summed E-state index contributed by atoms with van der Waals surface area (Å²) in [5.74, 6) is -1.24. The van der Waals surface area contributed by atoms with Crippen molar-refractivity contribution in [3.63, 3.8) is 0 Å². The molecule has 29 heavy (non-hydrogen) atoms. The van der Waals surface area contributed by atoms with Crippen molar-refractivity contribution in [1.82, 2.24) is 10.6 Å². The second kappa shape index (κ2) is 9.51. The number of benzene rings is 1. The third-order valence-corrected chi connectivity index (χ3v) is 8.96. The summed E-state index contributed by atoms with van der Waals surface area (Å²) in [7, 11) is 0. The molecule has 1 aromatic carbocycles. The van der Waals surface area contributed by atoms with Gasteiger partial charge in [0.1, 0.15) is 12.1 Å². The first-order valence-corrected chi connectivity index (χ1v) is 11.5. The molecule has 0 radical (unpaired) electrons. The minimum atomic E-state index is -0.963. The highest BCUT2D eigenvalue weighted by atomic mass is 32.2. The van der Waals surface area contributed by atoms with Gasteiger partial charge in [0, 0.05) is 12.3 Å². The fraction of sp³-hybridized carbons (Fsp3) is 0.550. The fourth-order valence-electron chi connectivity index (χ4n) is 3.70. The first kappa shape index (κ1) is 22.1. The number of aliphatic carboxylic acids is 2. The van der Waals surface area contributed by atoms with Gasteiger partial charge in [-0.25, -0.2) is 0 Å². The van der Waals surface area contributed by atoms with Crippen LogP contribution in [0.25, 0.3) is 0 Å². The number of carbonyl (C=O) groups is 3. The smallest absolute Gasteiger partial charge is 0.320 e. The molecule has 1 aromatic rings. The van der Waals surface area contributed by atoms with E-state index >= 15 is 0 Å². The second-order valence-electron chi connectivity index (χ2n) is 7.51. The fourth-order valence-corrected chi connectivity index (χ4v) is 7.36. The minimum absolute atomic E-state index is 0.0240. The molecule has 2 saturated heterocycles. The molecule has 2 fully saturated rings. The van der Waals surface area contributed by atoms with Crippen LogP contribution in [-0.4, -0.2) is 67.7 Å². The van der Waals surface area contributed by atoms with Crippen LogP contribution in [0, 0.1) is 0 Å². The molecule has 2 aliphatic rings. The zero-order valence-corrected chi connectivity index (χ0v) is 17.8. The molecule has 4 N–H and O–H groups in total. The maximum absolute atomic E-state index is 12.9. The molecule has 0 bridgehead atoms. The van der Waals surface area contributed by atoms with Crippen LogP contribution in [0.2, 0.25) is 0 Å². The summed E-state index contributed by atoms with van der Waals surface area (Å²) in [5, 5.41) is 24.5. The van der Waals surface area contributed by atoms with Crippen molar-refractivity contribution in [2.75, 3.05) is 12.3 Å². The minimum Gasteiger partial charge on any atom is -0.480 e. The Bertz CT molecular complexity index is 762. The van der Waals surface area contributed by atoms with Gasteiger partial charge in [-0.15, -0.1) is 23.5 Å². The average Bonchev–Trinajstić information content (AvgIpc) is 3.32. The van der Waals surface area contributed by atoms with Crippen LogP contribution in [-0.2, 0) is 20.8 Å². The lowest BCUT2D eigenvalue weighted by atomic mass is 10.0. The summed E-state index contributed by atoms with van der Waals surface area (Å²) in [6.45, 7) is 2.27. The van der Waals surface area contributed by atoms with Gasteiger partial charge < -0.3 is 15.5 Å². The number of nitrogens with one attached hydrogen (secondary N) is 2. The molecular weight excluding hydrogens is 412 g/mol. The Hall–Kier alpha value is -1.55. The predicted molar refractivity (Wildman–Crippen MR) is 114 cm³/mol. The number of rotatable bonds is 9. The Morgan fingerprint density at radius 3 is 2.62 bits per heavy atom. The van der Waals surface area contributed by atoms with E-state index in [0.717, 1.165) is 5.56 Å². The first-order chi connectivity index (χ1) is 13.8. The van der Waals surface area contributed by atoms with E-state index in [1.165, 1.54) is 11.8 Å². The lowest BCUT2D eigenvalue weighted by molar-refractivity contribution is -0.140. The van der Waals surface area contributed by atoms with Crippen LogP contribution >= 0.6 is 23.5 Å². The van der Waals surface area contributed by atoms with Crippen molar-refractivity contribution in [3.05, 3.63) is 35.9 Å². The van der Waals surface area contributed by atoms with E-state index in [2.05, 4.69) is 10.6 Å². The normalized spacial score (nSPS) is 28.3. The van der Waals surface area contributed by atoms with Crippen LogP contribution < -0.4 is 10.6 Å². The highest BCUT2D eigenvalue weighted by Gasteiger charge is 2.50. The topological polar surface area (TPSA) is 116 Å². The van der Waals surface area contributed by atoms with E-state index in [1.807, 2.05) is 30.3 Å². The summed E-state index contributed by atoms with van der Waals surface area (Å²) in [5.41, 5.74) is 1.06. The molecular formula is C20H26N2O5S2. The first-order valence-electron chi connectivity index (χ1n) is 9.64. The number of hydrogen-bond donors (Lipinski definition) is 4. The Morgan fingerprint density at radius 2 is 2.00 bits per heavy atom. The molecule has 2 unspecified atom stereocenters. The molecule has 0 aliphatic carbocycles. The van der Waals surface area contributed by atoms with Crippen LogP contribution in [0.15, 0.2) is 30.3 Å². The van der Waals surface area contributed by atoms with Crippen molar-refractivity contribution in [2.45, 2.75) is 53.6 Å². The number of carboxylic acids is 2. The molecule has 5 atom stereocenters. The Labute approximate surface area is 178 Å². The molecule has 9 heteroatoms. The third-order valence-electron chi connectivity index (χ3n) is 5.34. The van der Waals surface area contributed by atoms with Gasteiger partial charge in [0.05, 0.1) is 15.4 Å². The van der Waals surface area contributed by atoms with E-state index in [4.69, 9.17) is 0 Å². The van der Waals surface area contributed by atoms with Crippen LogP contribution in [0.4, 0.5) is 0 Å². The van der Waals surface area contributed by atoms with E-state index in [9.17, 15) is 24.6 Å². The average molecular weight is 439 g/mol. The molecule has 2 heterocycles. The van der Waals surface area contributed by atoms with Gasteiger partial charge in [0.2, 0.25) is 0 Å². The Morgan fingerprint density at radius 1 is 1.28 bits per heavy atom. The SMILES string of the molecule is C[C@H](N[C@@H](CCc1ccccc1)C(=O)O)C(=O)C1CSC2(CN[C@H](C(=O)O)C2)S1. The number of carboxylic acid groups (broad SMARTS) is 2. The van der Waals surface area contributed by atoms with Gasteiger partial charge in [0.15, 0.2) is 5.78 Å². The van der Waals surface area contributed by atoms with Crippen LogP contribution in [0.5, 0.6) is 0 Å². The number of Topliss-reactive ketones (excluding diaryl/α,β-unsaturated/α-hetero) is 1. The van der Waals surface area contributed by atoms with Crippen molar-refractivity contribution in [1.29, 1.82) is 0 Å². The maximum atomic E-state index is 12.9. The zero-order chi connectivity index (χ0) is 21.0. The van der Waals surface area contributed by atoms with Gasteiger partial charge >= 0.3 is 11.9 Å². The number of carbonyl (C=O) groups excluding carboxylic acids is 1. The lowest BCUT2D eigenvalue weighted by Gasteiger charge is -2.23. The number of thioether (sulfide) groups is 2. The molecule has 158 valence electrons. The van der Waals surface area contributed by atoms with Gasteiger partial charge in [0.25, 0.3) is 0 Å². The van der Waals surface area contributed by atoms with Crippen LogP contribution in [0.3, 0.4) is 0 Å². The summed E-state index contributed by atoms with van der Waals surface area (Å²) in [6, 6.07) is 7.72. The Kier molecular flexibility index (Phi) is 7.26. The van der Waals surface area contributed by atoms with E-state index < -0.39 is 30.1 Å².